The van der Waals surface area contributed by atoms with Crippen molar-refractivity contribution >= 4 is 46.4 Å². The molecule has 0 unspecified atom stereocenters. The molecular formula is C5H3Cl2N3S. The standard InChI is InChI=1S/C5H3Cl2N3S/c1-10-4(7)3(6)5(9-10)8-2-11/h1H3. The second-order valence-electron chi connectivity index (χ2n) is 1.76. The molecular weight excluding hydrogens is 205 g/mol. The van der Waals surface area contributed by atoms with Crippen LogP contribution in [0.1, 0.15) is 0 Å². The number of hydrogen-bond donors (Lipinski definition) is 0. The van der Waals surface area contributed by atoms with E-state index in [0.717, 1.165) is 0 Å². The van der Waals surface area contributed by atoms with Gasteiger partial charge in [-0.1, -0.05) is 23.2 Å². The molecule has 0 bridgehead atoms. The lowest BCUT2D eigenvalue weighted by atomic mass is 10.6. The zero-order valence-corrected chi connectivity index (χ0v) is 7.83. The summed E-state index contributed by atoms with van der Waals surface area (Å²) in [5.74, 6) is 0.300. The summed E-state index contributed by atoms with van der Waals surface area (Å²) < 4.78 is 1.41. The van der Waals surface area contributed by atoms with Gasteiger partial charge in [0.2, 0.25) is 5.82 Å². The Kier molecular flexibility index (Phi) is 2.62. The van der Waals surface area contributed by atoms with E-state index in [0.29, 0.717) is 16.0 Å². The van der Waals surface area contributed by atoms with E-state index in [-0.39, 0.29) is 0 Å². The van der Waals surface area contributed by atoms with Crippen molar-refractivity contribution in [3.8, 4) is 0 Å². The van der Waals surface area contributed by atoms with Crippen LogP contribution in [-0.2, 0) is 7.05 Å². The minimum atomic E-state index is 0.298. The van der Waals surface area contributed by atoms with E-state index in [2.05, 4.69) is 27.5 Å². The molecule has 0 saturated carbocycles. The summed E-state index contributed by atoms with van der Waals surface area (Å²) in [5, 5.41) is 6.65. The van der Waals surface area contributed by atoms with Gasteiger partial charge in [-0.05, 0) is 12.2 Å². The van der Waals surface area contributed by atoms with Gasteiger partial charge in [0.25, 0.3) is 0 Å². The van der Waals surface area contributed by atoms with Crippen molar-refractivity contribution in [3.05, 3.63) is 10.2 Å². The minimum absolute atomic E-state index is 0.298. The molecule has 0 aliphatic heterocycles. The Morgan fingerprint density at radius 3 is 2.64 bits per heavy atom. The number of thiocarbonyl (C=S) groups is 1. The van der Waals surface area contributed by atoms with Gasteiger partial charge < -0.3 is 0 Å². The zero-order valence-electron chi connectivity index (χ0n) is 5.51. The molecule has 1 rings (SSSR count). The molecule has 1 heterocycles. The van der Waals surface area contributed by atoms with Crippen molar-refractivity contribution in [3.63, 3.8) is 0 Å². The maximum Gasteiger partial charge on any atom is 0.204 e. The maximum atomic E-state index is 5.70. The normalized spacial score (nSPS) is 9.36. The van der Waals surface area contributed by atoms with Crippen molar-refractivity contribution in [2.45, 2.75) is 0 Å². The summed E-state index contributed by atoms with van der Waals surface area (Å²) in [7, 11) is 1.66. The molecule has 0 aromatic carbocycles. The van der Waals surface area contributed by atoms with Gasteiger partial charge in [-0.15, -0.1) is 5.10 Å². The number of nitrogens with zero attached hydrogens (tertiary/aromatic N) is 3. The Morgan fingerprint density at radius 1 is 1.64 bits per heavy atom. The highest BCUT2D eigenvalue weighted by molar-refractivity contribution is 7.78. The summed E-state index contributed by atoms with van der Waals surface area (Å²) in [4.78, 5) is 3.60. The largest absolute Gasteiger partial charge is 0.253 e. The van der Waals surface area contributed by atoms with Crippen molar-refractivity contribution < 1.29 is 0 Å². The van der Waals surface area contributed by atoms with E-state index < -0.39 is 0 Å². The molecule has 0 atom stereocenters. The highest BCUT2D eigenvalue weighted by Gasteiger charge is 2.10. The Labute approximate surface area is 78.6 Å². The van der Waals surface area contributed by atoms with Crippen LogP contribution >= 0.6 is 35.4 Å². The van der Waals surface area contributed by atoms with Gasteiger partial charge in [0.15, 0.2) is 0 Å². The van der Waals surface area contributed by atoms with Crippen molar-refractivity contribution in [2.24, 2.45) is 12.0 Å². The van der Waals surface area contributed by atoms with Crippen LogP contribution < -0.4 is 0 Å². The maximum absolute atomic E-state index is 5.70. The lowest BCUT2D eigenvalue weighted by Crippen LogP contribution is -1.87. The molecule has 0 spiro atoms. The van der Waals surface area contributed by atoms with Gasteiger partial charge in [-0.2, -0.15) is 4.99 Å². The van der Waals surface area contributed by atoms with Gasteiger partial charge in [0.1, 0.15) is 10.2 Å². The van der Waals surface area contributed by atoms with Crippen LogP contribution in [0.15, 0.2) is 4.99 Å². The molecule has 11 heavy (non-hydrogen) atoms. The van der Waals surface area contributed by atoms with E-state index in [9.17, 15) is 0 Å². The van der Waals surface area contributed by atoms with Crippen LogP contribution in [0.2, 0.25) is 10.2 Å². The molecule has 3 nitrogen and oxygen atoms in total. The summed E-state index contributed by atoms with van der Waals surface area (Å²) in [6, 6.07) is 0. The number of aryl methyl sites for hydroxylation is 1. The van der Waals surface area contributed by atoms with E-state index in [1.807, 2.05) is 0 Å². The van der Waals surface area contributed by atoms with Crippen LogP contribution in [-0.4, -0.2) is 14.9 Å². The second kappa shape index (κ2) is 3.32. The molecule has 0 saturated heterocycles. The molecule has 0 amide bonds. The first kappa shape index (κ1) is 8.68. The quantitative estimate of drug-likeness (QED) is 0.524. The molecule has 0 fully saturated rings. The molecule has 1 aromatic heterocycles. The second-order valence-corrected chi connectivity index (χ2v) is 2.67. The summed E-state index contributed by atoms with van der Waals surface area (Å²) in [5.41, 5.74) is 0. The molecule has 6 heteroatoms. The summed E-state index contributed by atoms with van der Waals surface area (Å²) in [6.45, 7) is 0. The highest BCUT2D eigenvalue weighted by Crippen LogP contribution is 2.30. The SMILES string of the molecule is Cn1nc(N=C=S)c(Cl)c1Cl. The Balaban J connectivity index is 3.29. The average molecular weight is 208 g/mol. The monoisotopic (exact) mass is 207 g/mol. The molecule has 0 aliphatic rings. The number of isothiocyanates is 1. The van der Waals surface area contributed by atoms with E-state index in [1.54, 1.807) is 7.05 Å². The predicted molar refractivity (Wildman–Crippen MR) is 47.9 cm³/mol. The number of aliphatic imine (C=N–C) groups is 1. The molecule has 0 aliphatic carbocycles. The van der Waals surface area contributed by atoms with Crippen molar-refractivity contribution in [1.82, 2.24) is 9.78 Å². The van der Waals surface area contributed by atoms with Crippen LogP contribution in [0.5, 0.6) is 0 Å². The molecule has 58 valence electrons. The number of halogens is 2. The first-order valence-electron chi connectivity index (χ1n) is 2.62. The smallest absolute Gasteiger partial charge is 0.204 e. The Morgan fingerprint density at radius 2 is 2.27 bits per heavy atom. The number of aromatic nitrogens is 2. The van der Waals surface area contributed by atoms with Crippen LogP contribution in [0.4, 0.5) is 5.82 Å². The predicted octanol–water partition coefficient (Wildman–Crippen LogP) is 2.46. The van der Waals surface area contributed by atoms with Crippen LogP contribution in [0.25, 0.3) is 0 Å². The third-order valence-corrected chi connectivity index (χ3v) is 2.03. The average Bonchev–Trinajstić information content (AvgIpc) is 2.19. The fraction of sp³-hybridized carbons (Fsp3) is 0.200. The topological polar surface area (TPSA) is 30.2 Å². The summed E-state index contributed by atoms with van der Waals surface area (Å²) in [6.07, 6.45) is 0. The first-order valence-corrected chi connectivity index (χ1v) is 3.79. The van der Waals surface area contributed by atoms with Gasteiger partial charge in [-0.25, -0.2) is 0 Å². The van der Waals surface area contributed by atoms with Crippen LogP contribution in [0, 0.1) is 0 Å². The zero-order chi connectivity index (χ0) is 8.43. The fourth-order valence-electron chi connectivity index (χ4n) is 0.579. The van der Waals surface area contributed by atoms with Gasteiger partial charge in [0, 0.05) is 7.05 Å². The van der Waals surface area contributed by atoms with Crippen molar-refractivity contribution in [1.29, 1.82) is 0 Å². The lowest BCUT2D eigenvalue weighted by molar-refractivity contribution is 0.770. The highest BCUT2D eigenvalue weighted by atomic mass is 35.5. The minimum Gasteiger partial charge on any atom is -0.253 e. The van der Waals surface area contributed by atoms with E-state index in [4.69, 9.17) is 23.2 Å². The van der Waals surface area contributed by atoms with Crippen LogP contribution in [0.3, 0.4) is 0 Å². The Bertz CT molecular complexity index is 327. The molecule has 0 radical (unpaired) electrons. The van der Waals surface area contributed by atoms with Crippen molar-refractivity contribution in [2.75, 3.05) is 0 Å². The van der Waals surface area contributed by atoms with E-state index >= 15 is 0 Å². The third kappa shape index (κ3) is 1.60. The summed E-state index contributed by atoms with van der Waals surface area (Å²) >= 11 is 15.8. The lowest BCUT2D eigenvalue weighted by Gasteiger charge is -1.86. The van der Waals surface area contributed by atoms with Gasteiger partial charge in [0.05, 0.1) is 5.16 Å². The van der Waals surface area contributed by atoms with Gasteiger partial charge in [-0.3, -0.25) is 4.68 Å². The number of hydrogen-bond acceptors (Lipinski definition) is 3. The van der Waals surface area contributed by atoms with Gasteiger partial charge >= 0.3 is 0 Å². The third-order valence-electron chi connectivity index (χ3n) is 1.06. The fourth-order valence-corrected chi connectivity index (χ4v) is 0.990. The Hall–Kier alpha value is -0.410. The number of rotatable bonds is 1. The molecule has 0 N–H and O–H groups in total. The molecule has 1 aromatic rings. The first-order chi connectivity index (χ1) is 5.16. The van der Waals surface area contributed by atoms with E-state index in [1.165, 1.54) is 4.68 Å².